The molecule has 0 radical (unpaired) electrons. The van der Waals surface area contributed by atoms with Gasteiger partial charge >= 0.3 is 6.03 Å². The van der Waals surface area contributed by atoms with E-state index in [1.54, 1.807) is 12.1 Å². The Morgan fingerprint density at radius 2 is 1.67 bits per heavy atom. The van der Waals surface area contributed by atoms with E-state index in [9.17, 15) is 13.2 Å². The topological polar surface area (TPSA) is 98.7 Å². The van der Waals surface area contributed by atoms with E-state index in [1.807, 2.05) is 44.0 Å². The number of amides is 2. The van der Waals surface area contributed by atoms with Crippen LogP contribution in [0.2, 0.25) is 0 Å². The molecular formula is C22H31N3O4S. The van der Waals surface area contributed by atoms with Crippen molar-refractivity contribution in [2.45, 2.75) is 37.1 Å². The van der Waals surface area contributed by atoms with Crippen molar-refractivity contribution < 1.29 is 17.8 Å². The Bertz CT molecular complexity index is 909. The molecule has 0 atom stereocenters. The third-order valence-corrected chi connectivity index (χ3v) is 6.20. The van der Waals surface area contributed by atoms with E-state index in [2.05, 4.69) is 22.8 Å². The minimum Gasteiger partial charge on any atom is -0.338 e. The Morgan fingerprint density at radius 1 is 1.10 bits per heavy atom. The average molecular weight is 434 g/mol. The van der Waals surface area contributed by atoms with Crippen molar-refractivity contribution in [3.05, 3.63) is 65.7 Å². The summed E-state index contributed by atoms with van der Waals surface area (Å²) < 4.78 is 29.6. The molecule has 0 unspecified atom stereocenters. The van der Waals surface area contributed by atoms with Gasteiger partial charge in [0.05, 0.1) is 10.4 Å². The summed E-state index contributed by atoms with van der Waals surface area (Å²) >= 11 is 0. The van der Waals surface area contributed by atoms with Gasteiger partial charge in [-0.15, -0.1) is 0 Å². The van der Waals surface area contributed by atoms with Gasteiger partial charge in [0.1, 0.15) is 0 Å². The van der Waals surface area contributed by atoms with Crippen LogP contribution in [-0.4, -0.2) is 50.6 Å². The minimum absolute atomic E-state index is 0.00764. The molecule has 1 saturated heterocycles. The third kappa shape index (κ3) is 6.04. The maximum atomic E-state index is 12.2. The van der Waals surface area contributed by atoms with Crippen molar-refractivity contribution in [2.24, 2.45) is 0 Å². The molecule has 1 heterocycles. The first kappa shape index (κ1) is 23.9. The van der Waals surface area contributed by atoms with E-state index >= 15 is 0 Å². The SMILES string of the molecule is CCNC(=O)N(C)C1(c2ccccc2)CCNCC1.Cc1ccc(S(=O)(=O)O)cc1. The number of hydrogen-bond donors (Lipinski definition) is 3. The highest BCUT2D eigenvalue weighted by Gasteiger charge is 2.39. The van der Waals surface area contributed by atoms with E-state index in [0.29, 0.717) is 6.54 Å². The van der Waals surface area contributed by atoms with Crippen molar-refractivity contribution in [1.82, 2.24) is 15.5 Å². The molecule has 1 fully saturated rings. The molecule has 0 aromatic heterocycles. The first-order chi connectivity index (χ1) is 14.2. The lowest BCUT2D eigenvalue weighted by molar-refractivity contribution is 0.103. The predicted molar refractivity (Wildman–Crippen MR) is 118 cm³/mol. The van der Waals surface area contributed by atoms with Crippen molar-refractivity contribution in [1.29, 1.82) is 0 Å². The van der Waals surface area contributed by atoms with Crippen LogP contribution in [0.1, 0.15) is 30.9 Å². The lowest BCUT2D eigenvalue weighted by Gasteiger charge is -2.45. The summed E-state index contributed by atoms with van der Waals surface area (Å²) in [6, 6.07) is 16.4. The normalized spacial score (nSPS) is 15.5. The first-order valence-electron chi connectivity index (χ1n) is 10.0. The summed E-state index contributed by atoms with van der Waals surface area (Å²) in [4.78, 5) is 14.0. The van der Waals surface area contributed by atoms with Gasteiger partial charge in [0.15, 0.2) is 0 Å². The van der Waals surface area contributed by atoms with Crippen molar-refractivity contribution in [2.75, 3.05) is 26.7 Å². The molecule has 0 spiro atoms. The predicted octanol–water partition coefficient (Wildman–Crippen LogP) is 3.17. The van der Waals surface area contributed by atoms with Crippen LogP contribution >= 0.6 is 0 Å². The van der Waals surface area contributed by atoms with Crippen LogP contribution < -0.4 is 10.6 Å². The van der Waals surface area contributed by atoms with E-state index < -0.39 is 10.1 Å². The van der Waals surface area contributed by atoms with Crippen LogP contribution in [0, 0.1) is 6.92 Å². The monoisotopic (exact) mass is 433 g/mol. The van der Waals surface area contributed by atoms with Gasteiger partial charge in [-0.25, -0.2) is 4.79 Å². The number of urea groups is 1. The summed E-state index contributed by atoms with van der Waals surface area (Å²) in [7, 11) is -2.11. The fourth-order valence-electron chi connectivity index (χ4n) is 3.58. The molecule has 30 heavy (non-hydrogen) atoms. The fraction of sp³-hybridized carbons (Fsp3) is 0.409. The standard InChI is InChI=1S/C15H23N3O.C7H8O3S/c1-3-17-14(19)18(2)15(9-11-16-12-10-15)13-7-5-4-6-8-13;1-6-2-4-7(5-3-6)11(8,9)10/h4-8,16H,3,9-12H2,1-2H3,(H,17,19);2-5H,1H3,(H,8,9,10). The zero-order valence-corrected chi connectivity index (χ0v) is 18.6. The second-order valence-corrected chi connectivity index (χ2v) is 8.75. The number of benzene rings is 2. The molecule has 2 aromatic rings. The molecule has 164 valence electrons. The van der Waals surface area contributed by atoms with Crippen molar-refractivity contribution >= 4 is 16.1 Å². The van der Waals surface area contributed by atoms with Crippen molar-refractivity contribution in [3.8, 4) is 0 Å². The van der Waals surface area contributed by atoms with Gasteiger partial charge in [-0.1, -0.05) is 48.0 Å². The number of carbonyl (C=O) groups is 1. The Hall–Kier alpha value is -2.42. The maximum Gasteiger partial charge on any atom is 0.317 e. The van der Waals surface area contributed by atoms with Crippen LogP contribution in [0.5, 0.6) is 0 Å². The fourth-order valence-corrected chi connectivity index (χ4v) is 4.06. The van der Waals surface area contributed by atoms with Gasteiger partial charge < -0.3 is 15.5 Å². The number of nitrogens with one attached hydrogen (secondary N) is 2. The molecule has 3 N–H and O–H groups in total. The molecule has 8 heteroatoms. The Kier molecular flexibility index (Phi) is 8.40. The smallest absolute Gasteiger partial charge is 0.317 e. The molecule has 2 amide bonds. The van der Waals surface area contributed by atoms with Crippen molar-refractivity contribution in [3.63, 3.8) is 0 Å². The Labute approximate surface area is 179 Å². The van der Waals surface area contributed by atoms with Gasteiger partial charge in [-0.3, -0.25) is 4.55 Å². The highest BCUT2D eigenvalue weighted by atomic mass is 32.2. The van der Waals surface area contributed by atoms with Gasteiger partial charge in [-0.05, 0) is 57.5 Å². The zero-order valence-electron chi connectivity index (χ0n) is 17.8. The van der Waals surface area contributed by atoms with Gasteiger partial charge in [0, 0.05) is 13.6 Å². The number of nitrogens with zero attached hydrogens (tertiary/aromatic N) is 1. The van der Waals surface area contributed by atoms with Crippen LogP contribution in [0.4, 0.5) is 4.79 Å². The van der Waals surface area contributed by atoms with Gasteiger partial charge in [0.25, 0.3) is 10.1 Å². The minimum atomic E-state index is -4.02. The molecular weight excluding hydrogens is 402 g/mol. The average Bonchev–Trinajstić information content (AvgIpc) is 2.74. The van der Waals surface area contributed by atoms with Gasteiger partial charge in [-0.2, -0.15) is 8.42 Å². The highest BCUT2D eigenvalue weighted by molar-refractivity contribution is 7.85. The summed E-state index contributed by atoms with van der Waals surface area (Å²) in [5, 5.41) is 6.28. The summed E-state index contributed by atoms with van der Waals surface area (Å²) in [6.07, 6.45) is 1.90. The molecule has 7 nitrogen and oxygen atoms in total. The molecule has 0 saturated carbocycles. The molecule has 0 bridgehead atoms. The molecule has 2 aromatic carbocycles. The Balaban J connectivity index is 0.000000248. The number of hydrogen-bond acceptors (Lipinski definition) is 4. The second-order valence-electron chi connectivity index (χ2n) is 7.33. The molecule has 1 aliphatic rings. The number of carbonyl (C=O) groups excluding carboxylic acids is 1. The van der Waals surface area contributed by atoms with E-state index in [1.165, 1.54) is 17.7 Å². The summed E-state index contributed by atoms with van der Waals surface area (Å²) in [6.45, 7) is 6.33. The van der Waals surface area contributed by atoms with Crippen LogP contribution in [0.25, 0.3) is 0 Å². The quantitative estimate of drug-likeness (QED) is 0.644. The summed E-state index contributed by atoms with van der Waals surface area (Å²) in [5.74, 6) is 0. The first-order valence-corrected chi connectivity index (χ1v) is 11.5. The maximum absolute atomic E-state index is 12.2. The number of aryl methyl sites for hydroxylation is 1. The highest BCUT2D eigenvalue weighted by Crippen LogP contribution is 2.36. The molecule has 3 rings (SSSR count). The number of rotatable bonds is 4. The van der Waals surface area contributed by atoms with E-state index in [-0.39, 0.29) is 16.5 Å². The molecule has 0 aliphatic carbocycles. The summed E-state index contributed by atoms with van der Waals surface area (Å²) in [5.41, 5.74) is 1.99. The molecule has 1 aliphatic heterocycles. The lowest BCUT2D eigenvalue weighted by atomic mass is 9.80. The van der Waals surface area contributed by atoms with Crippen LogP contribution in [0.15, 0.2) is 59.5 Å². The third-order valence-electron chi connectivity index (χ3n) is 5.34. The van der Waals surface area contributed by atoms with Crippen LogP contribution in [0.3, 0.4) is 0 Å². The second kappa shape index (κ2) is 10.6. The largest absolute Gasteiger partial charge is 0.338 e. The van der Waals surface area contributed by atoms with Gasteiger partial charge in [0.2, 0.25) is 0 Å². The lowest BCUT2D eigenvalue weighted by Crippen LogP contribution is -2.55. The number of piperidine rings is 1. The van der Waals surface area contributed by atoms with E-state index in [0.717, 1.165) is 31.5 Å². The van der Waals surface area contributed by atoms with Crippen LogP contribution in [-0.2, 0) is 15.7 Å². The zero-order chi connectivity index (χ0) is 22.2. The van der Waals surface area contributed by atoms with E-state index in [4.69, 9.17) is 4.55 Å². The Morgan fingerprint density at radius 3 is 2.17 bits per heavy atom.